The van der Waals surface area contributed by atoms with Crippen molar-refractivity contribution in [2.45, 2.75) is 457 Å². The summed E-state index contributed by atoms with van der Waals surface area (Å²) in [6, 6.07) is 0. The van der Waals surface area contributed by atoms with Crippen molar-refractivity contribution < 1.29 is 80.2 Å². The second-order valence-electron chi connectivity index (χ2n) is 30.0. The van der Waals surface area contributed by atoms with Crippen molar-refractivity contribution in [2.24, 2.45) is 5.92 Å². The SMILES string of the molecule is CCCCCCCCCCCCCCCCCCCCCC(=O)O[C@H](COC(=O)CCCCCCCCCCCCCCCCCCC)COP(=O)(O)OC[C@@H](O)COP(=O)(O)OC[C@@H](COC(=O)CCCCCCCCCCC)OC(=O)CCCCCCCCCCCCCCCC(C)C. The van der Waals surface area contributed by atoms with Crippen LogP contribution in [0.4, 0.5) is 0 Å². The highest BCUT2D eigenvalue weighted by molar-refractivity contribution is 7.47. The molecule has 17 nitrogen and oxygen atoms in total. The number of carbonyl (C=O) groups is 4. The van der Waals surface area contributed by atoms with Crippen molar-refractivity contribution in [3.8, 4) is 0 Å². The molecule has 0 saturated heterocycles. The van der Waals surface area contributed by atoms with Gasteiger partial charge in [-0.2, -0.15) is 0 Å². The van der Waals surface area contributed by atoms with Gasteiger partial charge in [0.25, 0.3) is 0 Å². The van der Waals surface area contributed by atoms with Gasteiger partial charge >= 0.3 is 39.5 Å². The van der Waals surface area contributed by atoms with Gasteiger partial charge in [0.2, 0.25) is 0 Å². The molecule has 19 heteroatoms. The molecular weight excluding hydrogens is 1320 g/mol. The molecule has 0 aliphatic rings. The number of hydrogen-bond acceptors (Lipinski definition) is 15. The third-order valence-electron chi connectivity index (χ3n) is 19.3. The molecule has 0 rings (SSSR count). The molecule has 0 spiro atoms. The van der Waals surface area contributed by atoms with E-state index in [0.717, 1.165) is 95.8 Å². The number of ether oxygens (including phenoxy) is 4. The highest BCUT2D eigenvalue weighted by Crippen LogP contribution is 2.45. The molecule has 600 valence electrons. The van der Waals surface area contributed by atoms with Gasteiger partial charge in [0.05, 0.1) is 26.4 Å². The van der Waals surface area contributed by atoms with E-state index in [4.69, 9.17) is 37.0 Å². The molecular formula is C82H160O17P2. The van der Waals surface area contributed by atoms with E-state index in [-0.39, 0.29) is 25.7 Å². The van der Waals surface area contributed by atoms with Gasteiger partial charge in [-0.05, 0) is 31.6 Å². The standard InChI is InChI=1S/C82H160O17P2/c1-6-9-12-15-18-21-23-25-27-29-30-32-34-38-42-47-52-57-62-67-81(86)99-78(72-93-80(85)66-61-56-51-46-41-37-33-31-28-26-24-22-19-16-13-10-7-2)74-97-101(90,91)95-70-76(83)69-94-100(88,89)96-73-77(71-92-79(84)65-60-55-50-44-20-17-14-11-8-3)98-82(87)68-63-58-53-48-43-39-35-36-40-45-49-54-59-64-75(4)5/h75-78,83H,6-74H2,1-5H3,(H,88,89)(H,90,91)/t76-,77+,78+/m0/s1. The Labute approximate surface area is 619 Å². The molecule has 0 aromatic heterocycles. The molecule has 0 radical (unpaired) electrons. The lowest BCUT2D eigenvalue weighted by Crippen LogP contribution is -2.30. The van der Waals surface area contributed by atoms with Crippen LogP contribution in [0, 0.1) is 5.92 Å². The summed E-state index contributed by atoms with van der Waals surface area (Å²) in [4.78, 5) is 73.0. The molecule has 0 amide bonds. The van der Waals surface area contributed by atoms with Crippen LogP contribution < -0.4 is 0 Å². The van der Waals surface area contributed by atoms with E-state index in [9.17, 15) is 43.2 Å². The molecule has 0 saturated carbocycles. The van der Waals surface area contributed by atoms with Crippen molar-refractivity contribution in [1.82, 2.24) is 0 Å². The van der Waals surface area contributed by atoms with Crippen LogP contribution in [0.2, 0.25) is 0 Å². The molecule has 101 heavy (non-hydrogen) atoms. The summed E-state index contributed by atoms with van der Waals surface area (Å²) in [5.74, 6) is -1.32. The molecule has 0 aliphatic carbocycles. The Kier molecular flexibility index (Phi) is 73.5. The van der Waals surface area contributed by atoms with Gasteiger partial charge in [-0.1, -0.05) is 388 Å². The van der Waals surface area contributed by atoms with Gasteiger partial charge in [-0.3, -0.25) is 37.3 Å². The molecule has 0 aliphatic heterocycles. The van der Waals surface area contributed by atoms with Crippen LogP contribution in [-0.2, 0) is 65.4 Å². The minimum atomic E-state index is -4.96. The topological polar surface area (TPSA) is 237 Å². The van der Waals surface area contributed by atoms with Crippen LogP contribution in [0.3, 0.4) is 0 Å². The first-order valence-electron chi connectivity index (χ1n) is 42.6. The zero-order valence-electron chi connectivity index (χ0n) is 66.1. The number of rotatable bonds is 82. The molecule has 2 unspecified atom stereocenters. The maximum Gasteiger partial charge on any atom is 0.472 e. The van der Waals surface area contributed by atoms with E-state index in [1.807, 2.05) is 0 Å². The average molecular weight is 1480 g/mol. The minimum Gasteiger partial charge on any atom is -0.462 e. The third kappa shape index (κ3) is 76.1. The summed E-state index contributed by atoms with van der Waals surface area (Å²) in [5, 5.41) is 10.6. The predicted molar refractivity (Wildman–Crippen MR) is 414 cm³/mol. The van der Waals surface area contributed by atoms with Crippen molar-refractivity contribution in [2.75, 3.05) is 39.6 Å². The first-order chi connectivity index (χ1) is 49.0. The molecule has 3 N–H and O–H groups in total. The summed E-state index contributed by atoms with van der Waals surface area (Å²) in [7, 11) is -9.92. The van der Waals surface area contributed by atoms with Crippen LogP contribution in [-0.4, -0.2) is 96.7 Å². The van der Waals surface area contributed by atoms with E-state index in [1.54, 1.807) is 0 Å². The summed E-state index contributed by atoms with van der Waals surface area (Å²) in [6.45, 7) is 7.34. The fourth-order valence-electron chi connectivity index (χ4n) is 12.8. The van der Waals surface area contributed by atoms with Crippen LogP contribution in [0.1, 0.15) is 439 Å². The van der Waals surface area contributed by atoms with Gasteiger partial charge < -0.3 is 33.8 Å². The van der Waals surface area contributed by atoms with E-state index < -0.39 is 97.5 Å². The quantitative estimate of drug-likeness (QED) is 0.0222. The van der Waals surface area contributed by atoms with Crippen molar-refractivity contribution in [1.29, 1.82) is 0 Å². The number of carbonyl (C=O) groups excluding carboxylic acids is 4. The third-order valence-corrected chi connectivity index (χ3v) is 21.2. The van der Waals surface area contributed by atoms with E-state index >= 15 is 0 Å². The number of esters is 4. The second kappa shape index (κ2) is 74.9. The lowest BCUT2D eigenvalue weighted by Gasteiger charge is -2.21. The first kappa shape index (κ1) is 99.1. The number of aliphatic hydroxyl groups excluding tert-OH is 1. The van der Waals surface area contributed by atoms with Gasteiger partial charge in [0.1, 0.15) is 19.3 Å². The Balaban J connectivity index is 5.22. The number of unbranched alkanes of at least 4 members (excludes halogenated alkanes) is 54. The number of phosphoric acid groups is 2. The first-order valence-corrected chi connectivity index (χ1v) is 45.6. The molecule has 0 aromatic rings. The van der Waals surface area contributed by atoms with Crippen LogP contribution in [0.5, 0.6) is 0 Å². The Morgan fingerprint density at radius 2 is 0.455 bits per heavy atom. The molecule has 5 atom stereocenters. The lowest BCUT2D eigenvalue weighted by atomic mass is 10.0. The summed E-state index contributed by atoms with van der Waals surface area (Å²) < 4.78 is 68.7. The smallest absolute Gasteiger partial charge is 0.462 e. The molecule has 0 heterocycles. The fourth-order valence-corrected chi connectivity index (χ4v) is 14.3. The van der Waals surface area contributed by atoms with Crippen molar-refractivity contribution in [3.05, 3.63) is 0 Å². The lowest BCUT2D eigenvalue weighted by molar-refractivity contribution is -0.161. The molecule has 0 bridgehead atoms. The highest BCUT2D eigenvalue weighted by atomic mass is 31.2. The van der Waals surface area contributed by atoms with E-state index in [0.29, 0.717) is 25.7 Å². The zero-order chi connectivity index (χ0) is 74.1. The number of aliphatic hydroxyl groups is 1. The Morgan fingerprint density at radius 1 is 0.267 bits per heavy atom. The van der Waals surface area contributed by atoms with E-state index in [1.165, 1.54) is 263 Å². The normalized spacial score (nSPS) is 13.8. The fraction of sp³-hybridized carbons (Fsp3) is 0.951. The van der Waals surface area contributed by atoms with Gasteiger partial charge in [-0.25, -0.2) is 9.13 Å². The van der Waals surface area contributed by atoms with Crippen LogP contribution >= 0.6 is 15.6 Å². The molecule has 0 aromatic carbocycles. The maximum absolute atomic E-state index is 13.1. The van der Waals surface area contributed by atoms with Crippen LogP contribution in [0.25, 0.3) is 0 Å². The van der Waals surface area contributed by atoms with Gasteiger partial charge in [0, 0.05) is 25.7 Å². The number of phosphoric ester groups is 2. The van der Waals surface area contributed by atoms with Crippen molar-refractivity contribution in [3.63, 3.8) is 0 Å². The Hall–Kier alpha value is -1.94. The van der Waals surface area contributed by atoms with E-state index in [2.05, 4.69) is 34.6 Å². The van der Waals surface area contributed by atoms with Gasteiger partial charge in [-0.15, -0.1) is 0 Å². The summed E-state index contributed by atoms with van der Waals surface area (Å²) in [5.41, 5.74) is 0. The Morgan fingerprint density at radius 3 is 0.673 bits per heavy atom. The Bertz CT molecular complexity index is 1930. The number of hydrogen-bond donors (Lipinski definition) is 3. The largest absolute Gasteiger partial charge is 0.472 e. The monoisotopic (exact) mass is 1480 g/mol. The van der Waals surface area contributed by atoms with Gasteiger partial charge in [0.15, 0.2) is 12.2 Å². The minimum absolute atomic E-state index is 0.108. The predicted octanol–water partition coefficient (Wildman–Crippen LogP) is 24.8. The average Bonchev–Trinajstić information content (AvgIpc) is 0.952. The summed E-state index contributed by atoms with van der Waals surface area (Å²) >= 11 is 0. The second-order valence-corrected chi connectivity index (χ2v) is 32.9. The van der Waals surface area contributed by atoms with Crippen LogP contribution in [0.15, 0.2) is 0 Å². The van der Waals surface area contributed by atoms with Crippen molar-refractivity contribution >= 4 is 39.5 Å². The maximum atomic E-state index is 13.1. The summed E-state index contributed by atoms with van der Waals surface area (Å²) in [6.07, 6.45) is 66.6. The molecule has 0 fully saturated rings. The highest BCUT2D eigenvalue weighted by Gasteiger charge is 2.30. The zero-order valence-corrected chi connectivity index (χ0v) is 67.8.